The molecule has 0 aromatic carbocycles. The second kappa shape index (κ2) is 9.39. The van der Waals surface area contributed by atoms with Crippen LogP contribution in [-0.4, -0.2) is 64.2 Å². The lowest BCUT2D eigenvalue weighted by Crippen LogP contribution is -2.28. The molecule has 0 aromatic rings. The first-order chi connectivity index (χ1) is 7.88. The summed E-state index contributed by atoms with van der Waals surface area (Å²) in [4.78, 5) is 4.70. The molecule has 17 heavy (non-hydrogen) atoms. The van der Waals surface area contributed by atoms with Gasteiger partial charge < -0.3 is 9.80 Å². The van der Waals surface area contributed by atoms with Crippen LogP contribution in [-0.2, 0) is 0 Å². The average molecular weight is 256 g/mol. The monoisotopic (exact) mass is 256 g/mol. The van der Waals surface area contributed by atoms with E-state index in [1.165, 1.54) is 28.7 Å². The third-order valence-electron chi connectivity index (χ3n) is 4.33. The lowest BCUT2D eigenvalue weighted by atomic mass is 10.2. The Morgan fingerprint density at radius 2 is 1.18 bits per heavy atom. The first-order valence-corrected chi connectivity index (χ1v) is 9.66. The van der Waals surface area contributed by atoms with Gasteiger partial charge in [-0.05, 0) is 54.9 Å². The van der Waals surface area contributed by atoms with Crippen molar-refractivity contribution in [3.63, 3.8) is 0 Å². The lowest BCUT2D eigenvalue weighted by Gasteiger charge is -2.23. The molecule has 102 valence electrons. The van der Waals surface area contributed by atoms with Crippen molar-refractivity contribution < 1.29 is 0 Å². The molecule has 2 unspecified atom stereocenters. The highest BCUT2D eigenvalue weighted by Gasteiger charge is 2.18. The van der Waals surface area contributed by atoms with Crippen LogP contribution < -0.4 is 0 Å². The van der Waals surface area contributed by atoms with Crippen molar-refractivity contribution in [3.8, 4) is 0 Å². The predicted molar refractivity (Wildman–Crippen MR) is 81.4 cm³/mol. The standard InChI is InChI=1S/2C6H14N.C2H5.Al/c2*1-5-6(2)7(3)4;1-2;/h2*6H,1,5H2,2-4H3;1H2,2H3;. The van der Waals surface area contributed by atoms with E-state index >= 15 is 0 Å². The van der Waals surface area contributed by atoms with Crippen molar-refractivity contribution in [2.24, 2.45) is 0 Å². The molecular weight excluding hydrogens is 223 g/mol. The van der Waals surface area contributed by atoms with Crippen LogP contribution in [0.3, 0.4) is 0 Å². The number of nitrogens with zero attached hydrogens (tertiary/aromatic N) is 2. The summed E-state index contributed by atoms with van der Waals surface area (Å²) in [5, 5.41) is 4.52. The lowest BCUT2D eigenvalue weighted by molar-refractivity contribution is 0.303. The summed E-state index contributed by atoms with van der Waals surface area (Å²) >= 11 is -0.461. The van der Waals surface area contributed by atoms with E-state index < -0.39 is 14.1 Å². The van der Waals surface area contributed by atoms with Crippen LogP contribution >= 0.6 is 0 Å². The molecule has 0 aliphatic carbocycles. The fraction of sp³-hybridized carbons (Fsp3) is 1.00. The molecule has 0 N–H and O–H groups in total. The van der Waals surface area contributed by atoms with Gasteiger partial charge in [0.25, 0.3) is 14.1 Å². The van der Waals surface area contributed by atoms with E-state index in [2.05, 4.69) is 58.8 Å². The molecule has 0 saturated heterocycles. The molecule has 0 aliphatic heterocycles. The summed E-state index contributed by atoms with van der Waals surface area (Å²) in [6.07, 6.45) is 2.79. The van der Waals surface area contributed by atoms with Crippen LogP contribution in [0, 0.1) is 0 Å². The van der Waals surface area contributed by atoms with Gasteiger partial charge in [0.1, 0.15) is 0 Å². The van der Waals surface area contributed by atoms with Gasteiger partial charge in [0.2, 0.25) is 0 Å². The largest absolute Gasteiger partial charge is 0.307 e. The van der Waals surface area contributed by atoms with E-state index in [9.17, 15) is 0 Å². The van der Waals surface area contributed by atoms with Crippen molar-refractivity contribution in [2.45, 2.75) is 61.5 Å². The minimum Gasteiger partial charge on any atom is -0.307 e. The van der Waals surface area contributed by atoms with Crippen molar-refractivity contribution in [2.75, 3.05) is 28.2 Å². The zero-order valence-corrected chi connectivity index (χ0v) is 14.3. The van der Waals surface area contributed by atoms with E-state index in [-0.39, 0.29) is 0 Å². The maximum absolute atomic E-state index is 2.40. The Morgan fingerprint density at radius 1 is 0.824 bits per heavy atom. The van der Waals surface area contributed by atoms with Crippen molar-refractivity contribution in [1.82, 2.24) is 9.80 Å². The maximum atomic E-state index is 2.40. The van der Waals surface area contributed by atoms with Crippen molar-refractivity contribution in [1.29, 1.82) is 0 Å². The Kier molecular flexibility index (Phi) is 9.64. The average Bonchev–Trinajstić information content (AvgIpc) is 2.28. The minimum absolute atomic E-state index is 0.461. The Bertz CT molecular complexity index is 165. The third-order valence-corrected chi connectivity index (χ3v) is 7.78. The molecule has 0 fully saturated rings. The third kappa shape index (κ3) is 8.22. The molecule has 0 amide bonds. The van der Waals surface area contributed by atoms with Crippen LogP contribution in [0.15, 0.2) is 0 Å². The molecule has 0 aromatic heterocycles. The molecule has 0 rings (SSSR count). The van der Waals surface area contributed by atoms with Gasteiger partial charge >= 0.3 is 0 Å². The van der Waals surface area contributed by atoms with Crippen LogP contribution in [0.5, 0.6) is 0 Å². The van der Waals surface area contributed by atoms with Gasteiger partial charge in [0.05, 0.1) is 0 Å². The van der Waals surface area contributed by atoms with Crippen LogP contribution in [0.1, 0.15) is 33.6 Å². The smallest absolute Gasteiger partial charge is 0.261 e. The van der Waals surface area contributed by atoms with E-state index in [0.717, 1.165) is 12.1 Å². The SMILES string of the molecule is C[CH2][Al]([CH2]CC(C)N(C)C)[CH2]CC(C)N(C)C. The minimum atomic E-state index is -0.461. The Hall–Kier alpha value is 0.452. The summed E-state index contributed by atoms with van der Waals surface area (Å²) in [6, 6.07) is 1.51. The summed E-state index contributed by atoms with van der Waals surface area (Å²) in [6.45, 7) is 7.10. The highest BCUT2D eigenvalue weighted by atomic mass is 27.2. The van der Waals surface area contributed by atoms with Crippen molar-refractivity contribution >= 4 is 14.1 Å². The topological polar surface area (TPSA) is 6.48 Å². The highest BCUT2D eigenvalue weighted by Crippen LogP contribution is 2.16. The normalized spacial score (nSPS) is 15.4. The molecule has 0 bridgehead atoms. The fourth-order valence-electron chi connectivity index (χ4n) is 2.02. The zero-order valence-electron chi connectivity index (χ0n) is 13.2. The summed E-state index contributed by atoms with van der Waals surface area (Å²) in [5.41, 5.74) is 0. The number of rotatable bonds is 9. The number of hydrogen-bond donors (Lipinski definition) is 0. The predicted octanol–water partition coefficient (Wildman–Crippen LogP) is 3.18. The van der Waals surface area contributed by atoms with Crippen LogP contribution in [0.25, 0.3) is 0 Å². The van der Waals surface area contributed by atoms with Gasteiger partial charge in [0, 0.05) is 12.1 Å². The summed E-state index contributed by atoms with van der Waals surface area (Å²) in [5.74, 6) is 0. The second-order valence-corrected chi connectivity index (χ2v) is 9.76. The van der Waals surface area contributed by atoms with Crippen LogP contribution in [0.2, 0.25) is 15.8 Å². The van der Waals surface area contributed by atoms with E-state index in [4.69, 9.17) is 0 Å². The van der Waals surface area contributed by atoms with Crippen LogP contribution in [0.4, 0.5) is 0 Å². The zero-order chi connectivity index (χ0) is 13.4. The molecule has 0 aliphatic rings. The molecule has 0 saturated carbocycles. The second-order valence-electron chi connectivity index (χ2n) is 6.05. The van der Waals surface area contributed by atoms with Gasteiger partial charge in [0.15, 0.2) is 0 Å². The van der Waals surface area contributed by atoms with E-state index in [1.54, 1.807) is 0 Å². The van der Waals surface area contributed by atoms with Crippen molar-refractivity contribution in [3.05, 3.63) is 0 Å². The Balaban J connectivity index is 3.84. The van der Waals surface area contributed by atoms with Gasteiger partial charge in [-0.1, -0.05) is 22.8 Å². The molecule has 2 nitrogen and oxygen atoms in total. The van der Waals surface area contributed by atoms with E-state index in [1.807, 2.05) is 0 Å². The first-order valence-electron chi connectivity index (χ1n) is 7.21. The molecule has 0 radical (unpaired) electrons. The first kappa shape index (κ1) is 17.5. The summed E-state index contributed by atoms with van der Waals surface area (Å²) in [7, 11) is 8.78. The molecule has 0 heterocycles. The Labute approximate surface area is 114 Å². The summed E-state index contributed by atoms with van der Waals surface area (Å²) < 4.78 is 0. The highest BCUT2D eigenvalue weighted by molar-refractivity contribution is 6.58. The number of hydrogen-bond acceptors (Lipinski definition) is 2. The Morgan fingerprint density at radius 3 is 1.41 bits per heavy atom. The van der Waals surface area contributed by atoms with Gasteiger partial charge in [-0.15, -0.1) is 0 Å². The van der Waals surface area contributed by atoms with Gasteiger partial charge in [-0.3, -0.25) is 0 Å². The molecule has 0 spiro atoms. The maximum Gasteiger partial charge on any atom is 0.261 e. The fourth-order valence-corrected chi connectivity index (χ4v) is 5.04. The quantitative estimate of drug-likeness (QED) is 0.585. The van der Waals surface area contributed by atoms with Gasteiger partial charge in [-0.2, -0.15) is 0 Å². The van der Waals surface area contributed by atoms with E-state index in [0.29, 0.717) is 0 Å². The molecular formula is C14H33AlN2. The molecule has 3 heteroatoms. The van der Waals surface area contributed by atoms with Gasteiger partial charge in [-0.25, -0.2) is 0 Å². The molecule has 2 atom stereocenters.